The lowest BCUT2D eigenvalue weighted by Gasteiger charge is -2.17. The Bertz CT molecular complexity index is 503. The summed E-state index contributed by atoms with van der Waals surface area (Å²) in [5.74, 6) is 0.581. The summed E-state index contributed by atoms with van der Waals surface area (Å²) >= 11 is 0. The number of methoxy groups -OCH3 is 1. The first-order chi connectivity index (χ1) is 9.24. The SMILES string of the molecule is COCCNCc1ccc(S(=O)(=O)NCC(C)(C)C)o1. The highest BCUT2D eigenvalue weighted by Crippen LogP contribution is 2.16. The van der Waals surface area contributed by atoms with Crippen LogP contribution >= 0.6 is 0 Å². The van der Waals surface area contributed by atoms with E-state index in [2.05, 4.69) is 10.0 Å². The summed E-state index contributed by atoms with van der Waals surface area (Å²) in [6, 6.07) is 3.13. The molecule has 1 heterocycles. The van der Waals surface area contributed by atoms with Crippen LogP contribution in [0, 0.1) is 5.41 Å². The lowest BCUT2D eigenvalue weighted by Crippen LogP contribution is -2.32. The van der Waals surface area contributed by atoms with Gasteiger partial charge in [-0.3, -0.25) is 0 Å². The van der Waals surface area contributed by atoms with Gasteiger partial charge < -0.3 is 14.5 Å². The van der Waals surface area contributed by atoms with E-state index >= 15 is 0 Å². The molecule has 0 unspecified atom stereocenters. The first-order valence-corrected chi connectivity index (χ1v) is 8.01. The van der Waals surface area contributed by atoms with Gasteiger partial charge in [-0.15, -0.1) is 0 Å². The van der Waals surface area contributed by atoms with Crippen LogP contribution in [0.2, 0.25) is 0 Å². The molecular weight excluding hydrogens is 280 g/mol. The molecule has 0 fully saturated rings. The normalized spacial score (nSPS) is 12.8. The summed E-state index contributed by atoms with van der Waals surface area (Å²) in [6.45, 7) is 7.99. The van der Waals surface area contributed by atoms with Gasteiger partial charge >= 0.3 is 0 Å². The monoisotopic (exact) mass is 304 g/mol. The molecule has 0 bridgehead atoms. The van der Waals surface area contributed by atoms with E-state index in [-0.39, 0.29) is 10.5 Å². The number of ether oxygens (including phenoxy) is 1. The van der Waals surface area contributed by atoms with Gasteiger partial charge in [0.1, 0.15) is 5.76 Å². The highest BCUT2D eigenvalue weighted by molar-refractivity contribution is 7.89. The van der Waals surface area contributed by atoms with Gasteiger partial charge in [0.25, 0.3) is 10.0 Å². The molecule has 0 spiro atoms. The van der Waals surface area contributed by atoms with Crippen molar-refractivity contribution >= 4 is 10.0 Å². The number of nitrogens with one attached hydrogen (secondary N) is 2. The van der Waals surface area contributed by atoms with Crippen molar-refractivity contribution in [3.63, 3.8) is 0 Å². The molecule has 0 aliphatic carbocycles. The first kappa shape index (κ1) is 17.2. The third kappa shape index (κ3) is 6.04. The fourth-order valence-electron chi connectivity index (χ4n) is 1.37. The summed E-state index contributed by atoms with van der Waals surface area (Å²) in [4.78, 5) is 0. The molecule has 0 aromatic carbocycles. The van der Waals surface area contributed by atoms with Crippen LogP contribution in [0.25, 0.3) is 0 Å². The zero-order chi connectivity index (χ0) is 15.2. The molecule has 0 aliphatic heterocycles. The van der Waals surface area contributed by atoms with Crippen molar-refractivity contribution in [3.8, 4) is 0 Å². The predicted octanol–water partition coefficient (Wildman–Crippen LogP) is 1.34. The van der Waals surface area contributed by atoms with Gasteiger partial charge in [-0.1, -0.05) is 20.8 Å². The molecule has 0 amide bonds. The van der Waals surface area contributed by atoms with E-state index in [1.807, 2.05) is 20.8 Å². The van der Waals surface area contributed by atoms with E-state index < -0.39 is 10.0 Å². The predicted molar refractivity (Wildman–Crippen MR) is 76.9 cm³/mol. The van der Waals surface area contributed by atoms with Gasteiger partial charge in [-0.2, -0.15) is 0 Å². The van der Waals surface area contributed by atoms with Crippen LogP contribution in [0.4, 0.5) is 0 Å². The zero-order valence-corrected chi connectivity index (χ0v) is 13.3. The number of hydrogen-bond donors (Lipinski definition) is 2. The molecule has 1 aromatic heterocycles. The Morgan fingerprint density at radius 1 is 1.30 bits per heavy atom. The Morgan fingerprint density at radius 3 is 2.60 bits per heavy atom. The zero-order valence-electron chi connectivity index (χ0n) is 12.5. The smallest absolute Gasteiger partial charge is 0.273 e. The maximum Gasteiger partial charge on any atom is 0.273 e. The number of furan rings is 1. The standard InChI is InChI=1S/C13H24N2O4S/c1-13(2,3)10-15-20(16,17)12-6-5-11(19-12)9-14-7-8-18-4/h5-6,14-15H,7-10H2,1-4H3. The van der Waals surface area contributed by atoms with E-state index in [0.29, 0.717) is 32.0 Å². The van der Waals surface area contributed by atoms with Gasteiger partial charge in [0, 0.05) is 20.2 Å². The van der Waals surface area contributed by atoms with Crippen molar-refractivity contribution in [1.29, 1.82) is 0 Å². The molecule has 0 aliphatic rings. The molecule has 1 rings (SSSR count). The van der Waals surface area contributed by atoms with E-state index in [1.54, 1.807) is 13.2 Å². The average molecular weight is 304 g/mol. The van der Waals surface area contributed by atoms with Crippen LogP contribution in [0.5, 0.6) is 0 Å². The maximum absolute atomic E-state index is 12.0. The Balaban J connectivity index is 2.57. The van der Waals surface area contributed by atoms with Crippen LogP contribution in [-0.2, 0) is 21.3 Å². The summed E-state index contributed by atoms with van der Waals surface area (Å²) < 4.78 is 36.8. The minimum atomic E-state index is -3.58. The van der Waals surface area contributed by atoms with Crippen LogP contribution in [0.1, 0.15) is 26.5 Å². The third-order valence-corrected chi connectivity index (χ3v) is 3.75. The molecule has 6 nitrogen and oxygen atoms in total. The molecule has 7 heteroatoms. The van der Waals surface area contributed by atoms with Crippen LogP contribution in [-0.4, -0.2) is 35.2 Å². The van der Waals surface area contributed by atoms with Gasteiger partial charge in [-0.05, 0) is 17.5 Å². The van der Waals surface area contributed by atoms with Crippen LogP contribution < -0.4 is 10.0 Å². The summed E-state index contributed by atoms with van der Waals surface area (Å²) in [7, 11) is -1.95. The molecule has 20 heavy (non-hydrogen) atoms. The molecular formula is C13H24N2O4S. The van der Waals surface area contributed by atoms with Gasteiger partial charge in [0.05, 0.1) is 13.2 Å². The topological polar surface area (TPSA) is 80.6 Å². The minimum Gasteiger partial charge on any atom is -0.447 e. The number of sulfonamides is 1. The lowest BCUT2D eigenvalue weighted by atomic mass is 9.98. The first-order valence-electron chi connectivity index (χ1n) is 6.53. The van der Waals surface area contributed by atoms with E-state index in [0.717, 1.165) is 0 Å². The van der Waals surface area contributed by atoms with Gasteiger partial charge in [0.2, 0.25) is 5.09 Å². The van der Waals surface area contributed by atoms with Crippen molar-refractivity contribution < 1.29 is 17.6 Å². The van der Waals surface area contributed by atoms with Crippen molar-refractivity contribution in [2.45, 2.75) is 32.4 Å². The minimum absolute atomic E-state index is 0.0507. The van der Waals surface area contributed by atoms with Crippen molar-refractivity contribution in [1.82, 2.24) is 10.0 Å². The third-order valence-electron chi connectivity index (χ3n) is 2.48. The number of hydrogen-bond acceptors (Lipinski definition) is 5. The quantitative estimate of drug-likeness (QED) is 0.708. The van der Waals surface area contributed by atoms with Gasteiger partial charge in [0.15, 0.2) is 0 Å². The Morgan fingerprint density at radius 2 is 2.00 bits per heavy atom. The van der Waals surface area contributed by atoms with Crippen molar-refractivity contribution in [2.75, 3.05) is 26.8 Å². The largest absolute Gasteiger partial charge is 0.447 e. The number of rotatable bonds is 8. The Labute approximate surface area is 120 Å². The molecule has 0 saturated carbocycles. The Hall–Kier alpha value is -0.890. The fraction of sp³-hybridized carbons (Fsp3) is 0.692. The molecule has 0 saturated heterocycles. The van der Waals surface area contributed by atoms with Crippen molar-refractivity contribution in [2.24, 2.45) is 5.41 Å². The van der Waals surface area contributed by atoms with E-state index in [9.17, 15) is 8.42 Å². The maximum atomic E-state index is 12.0. The summed E-state index contributed by atoms with van der Waals surface area (Å²) in [5, 5.41) is 3.04. The highest BCUT2D eigenvalue weighted by atomic mass is 32.2. The summed E-state index contributed by atoms with van der Waals surface area (Å²) in [6.07, 6.45) is 0. The molecule has 0 radical (unpaired) electrons. The van der Waals surface area contributed by atoms with Crippen LogP contribution in [0.15, 0.2) is 21.6 Å². The van der Waals surface area contributed by atoms with Crippen molar-refractivity contribution in [3.05, 3.63) is 17.9 Å². The Kier molecular flexibility index (Phi) is 6.19. The van der Waals surface area contributed by atoms with Gasteiger partial charge in [-0.25, -0.2) is 13.1 Å². The molecule has 0 atom stereocenters. The van der Waals surface area contributed by atoms with Crippen LogP contribution in [0.3, 0.4) is 0 Å². The fourth-order valence-corrected chi connectivity index (χ4v) is 2.60. The van der Waals surface area contributed by atoms with E-state index in [1.165, 1.54) is 6.07 Å². The second-order valence-electron chi connectivity index (χ2n) is 5.78. The molecule has 1 aromatic rings. The lowest BCUT2D eigenvalue weighted by molar-refractivity contribution is 0.198. The van der Waals surface area contributed by atoms with E-state index in [4.69, 9.17) is 9.15 Å². The molecule has 2 N–H and O–H groups in total. The molecule has 116 valence electrons. The second-order valence-corrected chi connectivity index (χ2v) is 7.47. The summed E-state index contributed by atoms with van der Waals surface area (Å²) in [5.41, 5.74) is -0.121. The average Bonchev–Trinajstić information content (AvgIpc) is 2.81. The second kappa shape index (κ2) is 7.21. The highest BCUT2D eigenvalue weighted by Gasteiger charge is 2.21.